The number of aliphatic hydroxyl groups excluding tert-OH is 1. The second kappa shape index (κ2) is 6.04. The number of aryl methyl sites for hydroxylation is 1. The van der Waals surface area contributed by atoms with Gasteiger partial charge in [0, 0.05) is 30.9 Å². The number of aliphatic hydroxyl groups is 1. The Balaban J connectivity index is 2.11. The van der Waals surface area contributed by atoms with Crippen molar-refractivity contribution in [2.24, 2.45) is 0 Å². The summed E-state index contributed by atoms with van der Waals surface area (Å²) in [5, 5.41) is 8.63. The summed E-state index contributed by atoms with van der Waals surface area (Å²) in [6, 6.07) is 8.06. The van der Waals surface area contributed by atoms with Crippen molar-refractivity contribution in [3.63, 3.8) is 0 Å². The molecule has 0 atom stereocenters. The minimum atomic E-state index is -0.101. The predicted octanol–water partition coefficient (Wildman–Crippen LogP) is 1.84. The van der Waals surface area contributed by atoms with E-state index in [0.717, 1.165) is 24.4 Å². The van der Waals surface area contributed by atoms with Gasteiger partial charge < -0.3 is 9.67 Å². The summed E-state index contributed by atoms with van der Waals surface area (Å²) in [6.07, 6.45) is 4.77. The molecule has 0 unspecified atom stereocenters. The van der Waals surface area contributed by atoms with Crippen LogP contribution in [0, 0.1) is 11.8 Å². The van der Waals surface area contributed by atoms with Gasteiger partial charge in [-0.05, 0) is 17.7 Å². The molecule has 0 aliphatic heterocycles. The maximum atomic E-state index is 8.63. The van der Waals surface area contributed by atoms with E-state index in [1.165, 1.54) is 5.56 Å². The second-order valence-corrected chi connectivity index (χ2v) is 3.98. The third-order valence-electron chi connectivity index (χ3n) is 2.74. The molecule has 0 spiro atoms. The highest BCUT2D eigenvalue weighted by Gasteiger charge is 2.00. The lowest BCUT2D eigenvalue weighted by Crippen LogP contribution is -2.03. The molecule has 1 aromatic heterocycles. The molecular weight excluding hydrogens is 224 g/mol. The van der Waals surface area contributed by atoms with E-state index in [1.807, 2.05) is 24.5 Å². The molecule has 3 heteroatoms. The maximum absolute atomic E-state index is 8.63. The molecule has 0 bridgehead atoms. The van der Waals surface area contributed by atoms with Gasteiger partial charge in [0.25, 0.3) is 0 Å². The SMILES string of the molecule is CCc1nccn1Cc1ccc(C#CCO)cc1. The normalized spacial score (nSPS) is 9.89. The van der Waals surface area contributed by atoms with Gasteiger partial charge in [-0.2, -0.15) is 0 Å². The Morgan fingerprint density at radius 2 is 2.06 bits per heavy atom. The average molecular weight is 240 g/mol. The topological polar surface area (TPSA) is 38.0 Å². The first kappa shape index (κ1) is 12.4. The smallest absolute Gasteiger partial charge is 0.108 e. The number of nitrogens with zero attached hydrogens (tertiary/aromatic N) is 2. The van der Waals surface area contributed by atoms with Gasteiger partial charge in [0.1, 0.15) is 12.4 Å². The number of hydrogen-bond acceptors (Lipinski definition) is 2. The van der Waals surface area contributed by atoms with Crippen LogP contribution < -0.4 is 0 Å². The summed E-state index contributed by atoms with van der Waals surface area (Å²) >= 11 is 0. The summed E-state index contributed by atoms with van der Waals surface area (Å²) in [6.45, 7) is 2.83. The molecule has 2 rings (SSSR count). The van der Waals surface area contributed by atoms with Crippen molar-refractivity contribution in [3.05, 3.63) is 53.6 Å². The first-order chi connectivity index (χ1) is 8.83. The monoisotopic (exact) mass is 240 g/mol. The third-order valence-corrected chi connectivity index (χ3v) is 2.74. The van der Waals surface area contributed by atoms with Crippen LogP contribution in [0.2, 0.25) is 0 Å². The molecule has 0 aliphatic rings. The summed E-state index contributed by atoms with van der Waals surface area (Å²) in [5.74, 6) is 6.62. The molecule has 0 radical (unpaired) electrons. The van der Waals surface area contributed by atoms with Crippen LogP contribution in [0.4, 0.5) is 0 Å². The van der Waals surface area contributed by atoms with Crippen LogP contribution in [0.15, 0.2) is 36.7 Å². The fourth-order valence-corrected chi connectivity index (χ4v) is 1.83. The van der Waals surface area contributed by atoms with Crippen LogP contribution in [0.1, 0.15) is 23.9 Å². The molecule has 0 aliphatic carbocycles. The summed E-state index contributed by atoms with van der Waals surface area (Å²) in [7, 11) is 0. The number of benzene rings is 1. The fourth-order valence-electron chi connectivity index (χ4n) is 1.83. The average Bonchev–Trinajstić information content (AvgIpc) is 2.85. The Hall–Kier alpha value is -2.05. The van der Waals surface area contributed by atoms with E-state index in [0.29, 0.717) is 0 Å². The molecule has 1 heterocycles. The highest BCUT2D eigenvalue weighted by Crippen LogP contribution is 2.08. The van der Waals surface area contributed by atoms with Crippen molar-refractivity contribution in [2.75, 3.05) is 6.61 Å². The van der Waals surface area contributed by atoms with Crippen LogP contribution in [0.3, 0.4) is 0 Å². The lowest BCUT2D eigenvalue weighted by Gasteiger charge is -2.06. The minimum Gasteiger partial charge on any atom is -0.384 e. The highest BCUT2D eigenvalue weighted by molar-refractivity contribution is 5.36. The van der Waals surface area contributed by atoms with Gasteiger partial charge >= 0.3 is 0 Å². The maximum Gasteiger partial charge on any atom is 0.108 e. The molecule has 3 nitrogen and oxygen atoms in total. The Bertz CT molecular complexity index is 558. The lowest BCUT2D eigenvalue weighted by atomic mass is 10.1. The molecule has 0 saturated heterocycles. The zero-order chi connectivity index (χ0) is 12.8. The summed E-state index contributed by atoms with van der Waals surface area (Å²) in [5.41, 5.74) is 2.14. The van der Waals surface area contributed by atoms with E-state index in [9.17, 15) is 0 Å². The highest BCUT2D eigenvalue weighted by atomic mass is 16.2. The van der Waals surface area contributed by atoms with E-state index in [4.69, 9.17) is 5.11 Å². The van der Waals surface area contributed by atoms with E-state index in [2.05, 4.69) is 40.4 Å². The van der Waals surface area contributed by atoms with Crippen LogP contribution in [-0.4, -0.2) is 21.3 Å². The van der Waals surface area contributed by atoms with Gasteiger partial charge in [0.15, 0.2) is 0 Å². The lowest BCUT2D eigenvalue weighted by molar-refractivity contribution is 0.350. The van der Waals surface area contributed by atoms with Crippen molar-refractivity contribution in [3.8, 4) is 11.8 Å². The molecule has 0 saturated carbocycles. The van der Waals surface area contributed by atoms with Gasteiger partial charge in [-0.1, -0.05) is 30.9 Å². The van der Waals surface area contributed by atoms with Crippen molar-refractivity contribution < 1.29 is 5.11 Å². The van der Waals surface area contributed by atoms with Crippen LogP contribution in [0.5, 0.6) is 0 Å². The van der Waals surface area contributed by atoms with Gasteiger partial charge in [-0.15, -0.1) is 0 Å². The minimum absolute atomic E-state index is 0.101. The molecule has 92 valence electrons. The molecule has 18 heavy (non-hydrogen) atoms. The number of hydrogen-bond donors (Lipinski definition) is 1. The van der Waals surface area contributed by atoms with Crippen molar-refractivity contribution in [1.82, 2.24) is 9.55 Å². The number of rotatable bonds is 3. The molecule has 1 aromatic carbocycles. The quantitative estimate of drug-likeness (QED) is 0.831. The van der Waals surface area contributed by atoms with E-state index >= 15 is 0 Å². The van der Waals surface area contributed by atoms with E-state index in [-0.39, 0.29) is 6.61 Å². The van der Waals surface area contributed by atoms with E-state index in [1.54, 1.807) is 0 Å². The van der Waals surface area contributed by atoms with Crippen LogP contribution in [-0.2, 0) is 13.0 Å². The Labute approximate surface area is 107 Å². The van der Waals surface area contributed by atoms with Gasteiger partial charge in [0.05, 0.1) is 0 Å². The number of imidazole rings is 1. The van der Waals surface area contributed by atoms with Gasteiger partial charge in [0.2, 0.25) is 0 Å². The van der Waals surface area contributed by atoms with Crippen LogP contribution >= 0.6 is 0 Å². The fraction of sp³-hybridized carbons (Fsp3) is 0.267. The van der Waals surface area contributed by atoms with Gasteiger partial charge in [-0.25, -0.2) is 4.98 Å². The standard InChI is InChI=1S/C15H16N2O/c1-2-15-16-9-10-17(15)12-14-7-5-13(6-8-14)4-3-11-18/h5-10,18H,2,11-12H2,1H3. The first-order valence-electron chi connectivity index (χ1n) is 6.02. The summed E-state index contributed by atoms with van der Waals surface area (Å²) < 4.78 is 2.15. The van der Waals surface area contributed by atoms with Crippen molar-refractivity contribution in [1.29, 1.82) is 0 Å². The predicted molar refractivity (Wildman–Crippen MR) is 71.1 cm³/mol. The second-order valence-electron chi connectivity index (χ2n) is 3.98. The van der Waals surface area contributed by atoms with Crippen LogP contribution in [0.25, 0.3) is 0 Å². The molecule has 2 aromatic rings. The molecule has 1 N–H and O–H groups in total. The first-order valence-corrected chi connectivity index (χ1v) is 6.02. The van der Waals surface area contributed by atoms with E-state index < -0.39 is 0 Å². The van der Waals surface area contributed by atoms with Crippen molar-refractivity contribution in [2.45, 2.75) is 19.9 Å². The molecule has 0 amide bonds. The Morgan fingerprint density at radius 3 is 2.72 bits per heavy atom. The molecular formula is C15H16N2O. The third kappa shape index (κ3) is 2.99. The Kier molecular flexibility index (Phi) is 4.16. The number of aromatic nitrogens is 2. The van der Waals surface area contributed by atoms with Crippen molar-refractivity contribution >= 4 is 0 Å². The van der Waals surface area contributed by atoms with Gasteiger partial charge in [-0.3, -0.25) is 0 Å². The largest absolute Gasteiger partial charge is 0.384 e. The molecule has 0 fully saturated rings. The Morgan fingerprint density at radius 1 is 1.28 bits per heavy atom. The zero-order valence-corrected chi connectivity index (χ0v) is 10.4. The summed E-state index contributed by atoms with van der Waals surface area (Å²) in [4.78, 5) is 4.30. The zero-order valence-electron chi connectivity index (χ0n) is 10.4.